The van der Waals surface area contributed by atoms with E-state index in [2.05, 4.69) is 9.80 Å². The summed E-state index contributed by atoms with van der Waals surface area (Å²) in [6, 6.07) is 26.1. The minimum atomic E-state index is -0.814. The molecule has 4 atom stereocenters. The molecule has 4 amide bonds. The molecule has 0 aromatic heterocycles. The van der Waals surface area contributed by atoms with E-state index in [1.54, 1.807) is 79.1 Å². The molecule has 20 heteroatoms. The van der Waals surface area contributed by atoms with E-state index in [1.165, 1.54) is 0 Å². The second-order valence-corrected chi connectivity index (χ2v) is 22.9. The second kappa shape index (κ2) is 34.3. The number of likely N-dealkylation sites (tertiary alicyclic amines) is 3. The third-order valence-corrected chi connectivity index (χ3v) is 16.4. The molecule has 20 nitrogen and oxygen atoms in total. The zero-order valence-electron chi connectivity index (χ0n) is 52.3. The van der Waals surface area contributed by atoms with Gasteiger partial charge in [0.1, 0.15) is 11.5 Å². The van der Waals surface area contributed by atoms with Gasteiger partial charge < -0.3 is 63.4 Å². The van der Waals surface area contributed by atoms with Crippen molar-refractivity contribution in [2.45, 2.75) is 141 Å². The number of nitrogens with two attached hydrogens (primary N) is 1. The summed E-state index contributed by atoms with van der Waals surface area (Å²) in [4.78, 5) is 75.2. The lowest BCUT2D eigenvalue weighted by Gasteiger charge is -2.45. The third-order valence-electron chi connectivity index (χ3n) is 16.4. The van der Waals surface area contributed by atoms with Crippen molar-refractivity contribution in [3.8, 4) is 34.5 Å². The van der Waals surface area contributed by atoms with Gasteiger partial charge in [0.15, 0.2) is 23.0 Å². The lowest BCUT2D eigenvalue weighted by atomic mass is 9.91. The van der Waals surface area contributed by atoms with Gasteiger partial charge in [-0.15, -0.1) is 0 Å². The van der Waals surface area contributed by atoms with E-state index < -0.39 is 5.97 Å². The number of nitrogens with zero attached hydrogens (tertiary/aromatic N) is 5. The first kappa shape index (κ1) is 68.0. The maximum absolute atomic E-state index is 14.2. The van der Waals surface area contributed by atoms with E-state index >= 15 is 0 Å². The maximum atomic E-state index is 14.2. The van der Waals surface area contributed by atoms with E-state index in [-0.39, 0.29) is 72.2 Å². The molecule has 3 heterocycles. The smallest absolute Gasteiger partial charge is 0.304 e. The van der Waals surface area contributed by atoms with Crippen LogP contribution in [0.5, 0.6) is 34.5 Å². The molecule has 3 aliphatic rings. The number of carboxylic acid groups (broad SMARTS) is 1. The number of carboxylic acids is 1. The highest BCUT2D eigenvalue weighted by Crippen LogP contribution is 2.35. The average Bonchev–Trinajstić information content (AvgIpc) is 2.72. The predicted octanol–water partition coefficient (Wildman–Crippen LogP) is 8.59. The van der Waals surface area contributed by atoms with Gasteiger partial charge in [0.25, 0.3) is 11.8 Å². The quantitative estimate of drug-likeness (QED) is 0.0486. The molecule has 0 spiro atoms. The number of rotatable bonds is 29. The zero-order valence-corrected chi connectivity index (χ0v) is 52.3. The summed E-state index contributed by atoms with van der Waals surface area (Å²) in [5.74, 6) is 2.45. The molecule has 0 radical (unpaired) electrons. The highest BCUT2D eigenvalue weighted by molar-refractivity contribution is 5.96. The Morgan fingerprint density at radius 1 is 0.535 bits per heavy atom. The van der Waals surface area contributed by atoms with E-state index in [0.29, 0.717) is 126 Å². The van der Waals surface area contributed by atoms with Crippen molar-refractivity contribution in [1.29, 1.82) is 0 Å². The van der Waals surface area contributed by atoms with Gasteiger partial charge in [0.05, 0.1) is 48.1 Å². The van der Waals surface area contributed by atoms with Crippen LogP contribution >= 0.6 is 0 Å². The number of hydrogen-bond acceptors (Lipinski definition) is 15. The molecular weight excluding hydrogens is 1100 g/mol. The Balaban J connectivity index is 0.000000280. The number of carbonyl (C=O) groups is 5. The number of amides is 4. The van der Waals surface area contributed by atoms with E-state index in [0.717, 1.165) is 54.7 Å². The Morgan fingerprint density at radius 2 is 0.953 bits per heavy atom. The molecule has 7 rings (SSSR count). The normalized spacial score (nSPS) is 18.3. The van der Waals surface area contributed by atoms with Gasteiger partial charge in [0.2, 0.25) is 11.8 Å². The number of benzene rings is 4. The monoisotopic (exact) mass is 1190 g/mol. The predicted molar refractivity (Wildman–Crippen MR) is 328 cm³/mol. The van der Waals surface area contributed by atoms with E-state index in [1.807, 2.05) is 90.9 Å². The Kier molecular flexibility index (Phi) is 27.1. The molecule has 0 aliphatic carbocycles. The molecule has 0 bridgehead atoms. The largest absolute Gasteiger partial charge is 0.497 e. The van der Waals surface area contributed by atoms with E-state index in [9.17, 15) is 29.1 Å². The molecule has 0 unspecified atom stereocenters. The van der Waals surface area contributed by atoms with Crippen LogP contribution in [0.4, 0.5) is 0 Å². The summed E-state index contributed by atoms with van der Waals surface area (Å²) in [6.07, 6.45) is 6.11. The first-order valence-electron chi connectivity index (χ1n) is 30.2. The molecular formula is C66H94N6O14. The molecule has 3 fully saturated rings. The zero-order chi connectivity index (χ0) is 62.3. The Bertz CT molecular complexity index is 2770. The number of aliphatic carboxylic acids is 1. The van der Waals surface area contributed by atoms with Crippen LogP contribution in [0.25, 0.3) is 0 Å². The van der Waals surface area contributed by atoms with Crippen LogP contribution in [0.2, 0.25) is 0 Å². The standard InChI is InChI=1S/C36H52N4O7.C30H42N2O7/c1-25(2)40(36(43)28-9-14-32(46-5)33(21-28)47-20-6-19-44-3)30-11-10-29(22-34(41)38-17-15-27(16-18-38)35(37)42)39(24-30)23-26-7-12-31(45-4)13-8-26;1-21(2)32(30(35)23-9-14-27(38-5)28(17-23)39-16-6-15-36-3)25-11-10-24(18-29(33)34)31(20-25)19-22-7-12-26(37-4)13-8-22/h7-9,12-14,21,25,27,29-30H,6,10-11,15-20,22-24H2,1-5H3,(H2,37,42);7-9,12-14,17,21,24-25H,6,10-11,15-16,18-20H2,1-5H3,(H,33,34)/t29-,30+;24-,25+/m00/s1. The summed E-state index contributed by atoms with van der Waals surface area (Å²) in [5.41, 5.74) is 8.76. The van der Waals surface area contributed by atoms with Crippen molar-refractivity contribution < 1.29 is 67.0 Å². The number of methoxy groups -OCH3 is 6. The van der Waals surface area contributed by atoms with Crippen molar-refractivity contribution in [3.63, 3.8) is 0 Å². The molecule has 3 aliphatic heterocycles. The van der Waals surface area contributed by atoms with Gasteiger partial charge in [0, 0.05) is 139 Å². The summed E-state index contributed by atoms with van der Waals surface area (Å²) in [6.45, 7) is 13.7. The van der Waals surface area contributed by atoms with Gasteiger partial charge in [-0.05, 0) is 138 Å². The second-order valence-electron chi connectivity index (χ2n) is 22.9. The third kappa shape index (κ3) is 19.4. The average molecular weight is 1200 g/mol. The molecule has 4 aromatic rings. The van der Waals surface area contributed by atoms with Crippen molar-refractivity contribution >= 4 is 29.6 Å². The Labute approximate surface area is 509 Å². The molecule has 3 saturated heterocycles. The molecule has 86 heavy (non-hydrogen) atoms. The topological polar surface area (TPSA) is 222 Å². The number of primary amides is 1. The van der Waals surface area contributed by atoms with Gasteiger partial charge >= 0.3 is 5.97 Å². The number of ether oxygens (including phenoxy) is 8. The van der Waals surface area contributed by atoms with Crippen LogP contribution < -0.4 is 34.2 Å². The summed E-state index contributed by atoms with van der Waals surface area (Å²) in [5, 5.41) is 9.54. The van der Waals surface area contributed by atoms with Crippen LogP contribution in [-0.2, 0) is 36.9 Å². The number of piperidine rings is 3. The van der Waals surface area contributed by atoms with Crippen molar-refractivity contribution in [2.24, 2.45) is 11.7 Å². The van der Waals surface area contributed by atoms with Crippen LogP contribution in [-0.4, -0.2) is 191 Å². The van der Waals surface area contributed by atoms with Crippen molar-refractivity contribution in [3.05, 3.63) is 107 Å². The lowest BCUT2D eigenvalue weighted by molar-refractivity contribution is -0.139. The van der Waals surface area contributed by atoms with Crippen molar-refractivity contribution in [1.82, 2.24) is 24.5 Å². The van der Waals surface area contributed by atoms with Gasteiger partial charge in [-0.2, -0.15) is 0 Å². The summed E-state index contributed by atoms with van der Waals surface area (Å²) < 4.78 is 43.7. The minimum Gasteiger partial charge on any atom is -0.497 e. The first-order valence-corrected chi connectivity index (χ1v) is 30.2. The highest BCUT2D eigenvalue weighted by Gasteiger charge is 2.39. The van der Waals surface area contributed by atoms with Crippen LogP contribution in [0.15, 0.2) is 84.9 Å². The van der Waals surface area contributed by atoms with E-state index in [4.69, 9.17) is 43.6 Å². The highest BCUT2D eigenvalue weighted by atomic mass is 16.5. The SMILES string of the molecule is COCCCOc1cc(C(=O)N(C(C)C)[C@@H]2CC[C@@H](CC(=O)N3CCC(C(N)=O)CC3)N(Cc3ccc(OC)cc3)C2)ccc1OC.COCCCOc1cc(C(=O)N(C(C)C)[C@@H]2CC[C@@H](CC(=O)O)N(Cc3ccc(OC)cc3)C2)ccc1OC. The van der Waals surface area contributed by atoms with Gasteiger partial charge in [-0.25, -0.2) is 0 Å². The van der Waals surface area contributed by atoms with Crippen LogP contribution in [0.3, 0.4) is 0 Å². The Hall–Kier alpha value is -7.13. The lowest BCUT2D eigenvalue weighted by Crippen LogP contribution is -2.56. The fourth-order valence-corrected chi connectivity index (χ4v) is 11.9. The van der Waals surface area contributed by atoms with Gasteiger partial charge in [-0.1, -0.05) is 24.3 Å². The summed E-state index contributed by atoms with van der Waals surface area (Å²) >= 11 is 0. The molecule has 3 N–H and O–H groups in total. The van der Waals surface area contributed by atoms with Crippen LogP contribution in [0.1, 0.15) is 124 Å². The van der Waals surface area contributed by atoms with Crippen molar-refractivity contribution in [2.75, 3.05) is 95.3 Å². The maximum Gasteiger partial charge on any atom is 0.304 e. The molecule has 472 valence electrons. The molecule has 0 saturated carbocycles. The minimum absolute atomic E-state index is 0.0203. The fraction of sp³-hybridized carbons (Fsp3) is 0.561. The van der Waals surface area contributed by atoms with Gasteiger partial charge in [-0.3, -0.25) is 33.8 Å². The number of carbonyl (C=O) groups excluding carboxylic acids is 4. The fourth-order valence-electron chi connectivity index (χ4n) is 11.9. The Morgan fingerprint density at radius 3 is 1.31 bits per heavy atom. The summed E-state index contributed by atoms with van der Waals surface area (Å²) in [7, 11) is 9.74. The van der Waals surface area contributed by atoms with Crippen LogP contribution in [0, 0.1) is 5.92 Å². The molecule has 4 aromatic carbocycles. The number of hydrogen-bond donors (Lipinski definition) is 2. The first-order chi connectivity index (χ1) is 41.4.